The van der Waals surface area contributed by atoms with Crippen molar-refractivity contribution in [1.29, 1.82) is 0 Å². The molecule has 0 aromatic heterocycles. The highest BCUT2D eigenvalue weighted by Crippen LogP contribution is 2.36. The lowest BCUT2D eigenvalue weighted by molar-refractivity contribution is -0.274. The van der Waals surface area contributed by atoms with Crippen LogP contribution in [0.4, 0.5) is 22.0 Å². The standard InChI is InChI=1S/C30H33F5O/c1-2-3-4-5-20-6-8-21(9-7-20)10-11-22-16-27(31)29(28(32)17-22)25-13-12-24-19-26(36-30(33,34)35)15-14-23(24)18-25/h12-21H,2-11H2,1H3. The van der Waals surface area contributed by atoms with Gasteiger partial charge in [-0.25, -0.2) is 8.78 Å². The third kappa shape index (κ3) is 6.98. The van der Waals surface area contributed by atoms with Crippen molar-refractivity contribution in [3.63, 3.8) is 0 Å². The van der Waals surface area contributed by atoms with Gasteiger partial charge in [0.15, 0.2) is 0 Å². The van der Waals surface area contributed by atoms with E-state index < -0.39 is 18.0 Å². The lowest BCUT2D eigenvalue weighted by atomic mass is 9.77. The normalized spacial score (nSPS) is 18.5. The third-order valence-electron chi connectivity index (χ3n) is 7.46. The Labute approximate surface area is 209 Å². The molecule has 36 heavy (non-hydrogen) atoms. The number of alkyl halides is 3. The van der Waals surface area contributed by atoms with Crippen molar-refractivity contribution in [3.8, 4) is 16.9 Å². The summed E-state index contributed by atoms with van der Waals surface area (Å²) in [5.41, 5.74) is 0.882. The third-order valence-corrected chi connectivity index (χ3v) is 7.46. The average Bonchev–Trinajstić information content (AvgIpc) is 2.82. The van der Waals surface area contributed by atoms with Crippen molar-refractivity contribution in [1.82, 2.24) is 0 Å². The molecule has 3 aromatic carbocycles. The number of hydrogen-bond donors (Lipinski definition) is 0. The summed E-state index contributed by atoms with van der Waals surface area (Å²) in [6.45, 7) is 2.23. The molecule has 1 aliphatic carbocycles. The number of halogens is 5. The largest absolute Gasteiger partial charge is 0.573 e. The number of hydrogen-bond acceptors (Lipinski definition) is 1. The molecule has 0 saturated heterocycles. The second-order valence-corrected chi connectivity index (χ2v) is 10.1. The minimum Gasteiger partial charge on any atom is -0.406 e. The lowest BCUT2D eigenvalue weighted by Gasteiger charge is -2.28. The second kappa shape index (κ2) is 11.6. The van der Waals surface area contributed by atoms with Gasteiger partial charge < -0.3 is 4.74 Å². The van der Waals surface area contributed by atoms with Gasteiger partial charge in [-0.3, -0.25) is 0 Å². The molecule has 0 N–H and O–H groups in total. The van der Waals surface area contributed by atoms with E-state index in [1.165, 1.54) is 87.8 Å². The van der Waals surface area contributed by atoms with Crippen LogP contribution in [-0.2, 0) is 6.42 Å². The highest BCUT2D eigenvalue weighted by molar-refractivity contribution is 5.88. The van der Waals surface area contributed by atoms with Gasteiger partial charge in [-0.2, -0.15) is 0 Å². The topological polar surface area (TPSA) is 9.23 Å². The number of ether oxygens (including phenoxy) is 1. The number of aryl methyl sites for hydroxylation is 1. The fraction of sp³-hybridized carbons (Fsp3) is 0.467. The first-order valence-corrected chi connectivity index (χ1v) is 13.0. The van der Waals surface area contributed by atoms with Crippen molar-refractivity contribution < 1.29 is 26.7 Å². The van der Waals surface area contributed by atoms with Crippen LogP contribution in [-0.4, -0.2) is 6.36 Å². The smallest absolute Gasteiger partial charge is 0.406 e. The lowest BCUT2D eigenvalue weighted by Crippen LogP contribution is -2.16. The molecule has 0 aliphatic heterocycles. The molecule has 0 bridgehead atoms. The van der Waals surface area contributed by atoms with Gasteiger partial charge in [0.1, 0.15) is 17.4 Å². The van der Waals surface area contributed by atoms with Crippen molar-refractivity contribution >= 4 is 10.8 Å². The van der Waals surface area contributed by atoms with Gasteiger partial charge >= 0.3 is 6.36 Å². The Balaban J connectivity index is 1.40. The Bertz CT molecular complexity index is 1140. The van der Waals surface area contributed by atoms with Gasteiger partial charge in [0.05, 0.1) is 5.56 Å². The van der Waals surface area contributed by atoms with Gasteiger partial charge in [-0.15, -0.1) is 13.2 Å². The molecule has 1 aliphatic rings. The predicted octanol–water partition coefficient (Wildman–Crippen LogP) is 10.0. The Morgan fingerprint density at radius 2 is 1.39 bits per heavy atom. The molecule has 4 rings (SSSR count). The highest BCUT2D eigenvalue weighted by atomic mass is 19.4. The van der Waals surface area contributed by atoms with Crippen LogP contribution in [0.3, 0.4) is 0 Å². The molecule has 1 fully saturated rings. The van der Waals surface area contributed by atoms with Gasteiger partial charge in [0, 0.05) is 0 Å². The van der Waals surface area contributed by atoms with E-state index in [4.69, 9.17) is 0 Å². The molecule has 6 heteroatoms. The molecule has 0 spiro atoms. The van der Waals surface area contributed by atoms with Crippen LogP contribution in [0.25, 0.3) is 21.9 Å². The summed E-state index contributed by atoms with van der Waals surface area (Å²) < 4.78 is 71.4. The quantitative estimate of drug-likeness (QED) is 0.208. The minimum absolute atomic E-state index is 0.121. The van der Waals surface area contributed by atoms with Gasteiger partial charge in [-0.05, 0) is 76.9 Å². The Kier molecular flexibility index (Phi) is 8.53. The van der Waals surface area contributed by atoms with Crippen molar-refractivity contribution in [2.75, 3.05) is 0 Å². The summed E-state index contributed by atoms with van der Waals surface area (Å²) in [6.07, 6.45) is 6.96. The fourth-order valence-corrected chi connectivity index (χ4v) is 5.48. The SMILES string of the molecule is CCCCCC1CCC(CCc2cc(F)c(-c3ccc4cc(OC(F)(F)F)ccc4c3)c(F)c2)CC1. The summed E-state index contributed by atoms with van der Waals surface area (Å²) in [4.78, 5) is 0. The zero-order valence-corrected chi connectivity index (χ0v) is 20.6. The first-order chi connectivity index (χ1) is 17.2. The highest BCUT2D eigenvalue weighted by Gasteiger charge is 2.31. The van der Waals surface area contributed by atoms with Crippen LogP contribution in [0.5, 0.6) is 5.75 Å². The maximum atomic E-state index is 15.0. The zero-order chi connectivity index (χ0) is 25.7. The summed E-state index contributed by atoms with van der Waals surface area (Å²) in [6, 6.07) is 11.3. The number of rotatable bonds is 9. The van der Waals surface area contributed by atoms with E-state index >= 15 is 8.78 Å². The Hall–Kier alpha value is -2.63. The molecular weight excluding hydrogens is 471 g/mol. The van der Waals surface area contributed by atoms with Crippen molar-refractivity contribution in [3.05, 3.63) is 65.7 Å². The van der Waals surface area contributed by atoms with Crippen LogP contribution >= 0.6 is 0 Å². The van der Waals surface area contributed by atoms with Crippen molar-refractivity contribution in [2.24, 2.45) is 11.8 Å². The summed E-state index contributed by atoms with van der Waals surface area (Å²) in [5, 5.41) is 1.05. The minimum atomic E-state index is -4.78. The molecule has 3 aromatic rings. The number of fused-ring (bicyclic) bond motifs is 1. The molecule has 1 saturated carbocycles. The maximum Gasteiger partial charge on any atom is 0.573 e. The van der Waals surface area contributed by atoms with Crippen LogP contribution in [0.1, 0.15) is 70.3 Å². The van der Waals surface area contributed by atoms with E-state index in [-0.39, 0.29) is 11.3 Å². The molecule has 0 unspecified atom stereocenters. The summed E-state index contributed by atoms with van der Waals surface area (Å²) in [7, 11) is 0. The van der Waals surface area contributed by atoms with E-state index in [1.54, 1.807) is 12.1 Å². The molecule has 0 amide bonds. The van der Waals surface area contributed by atoms with E-state index in [1.807, 2.05) is 0 Å². The number of benzene rings is 3. The van der Waals surface area contributed by atoms with Crippen LogP contribution in [0.2, 0.25) is 0 Å². The summed E-state index contributed by atoms with van der Waals surface area (Å²) in [5.74, 6) is -0.130. The zero-order valence-electron chi connectivity index (χ0n) is 20.6. The van der Waals surface area contributed by atoms with E-state index in [9.17, 15) is 13.2 Å². The number of unbranched alkanes of at least 4 members (excludes halogenated alkanes) is 2. The van der Waals surface area contributed by atoms with E-state index in [0.717, 1.165) is 12.3 Å². The van der Waals surface area contributed by atoms with E-state index in [2.05, 4.69) is 11.7 Å². The first kappa shape index (κ1) is 26.4. The summed E-state index contributed by atoms with van der Waals surface area (Å²) >= 11 is 0. The second-order valence-electron chi connectivity index (χ2n) is 10.1. The van der Waals surface area contributed by atoms with Crippen LogP contribution in [0.15, 0.2) is 48.5 Å². The predicted molar refractivity (Wildman–Crippen MR) is 134 cm³/mol. The monoisotopic (exact) mass is 504 g/mol. The van der Waals surface area contributed by atoms with Gasteiger partial charge in [0.2, 0.25) is 0 Å². The molecule has 0 heterocycles. The van der Waals surface area contributed by atoms with Crippen LogP contribution in [0, 0.1) is 23.5 Å². The van der Waals surface area contributed by atoms with Gasteiger partial charge in [0.25, 0.3) is 0 Å². The van der Waals surface area contributed by atoms with Crippen LogP contribution < -0.4 is 4.74 Å². The fourth-order valence-electron chi connectivity index (χ4n) is 5.48. The molecular formula is C30H33F5O. The Morgan fingerprint density at radius 1 is 0.778 bits per heavy atom. The first-order valence-electron chi connectivity index (χ1n) is 13.0. The van der Waals surface area contributed by atoms with Gasteiger partial charge in [-0.1, -0.05) is 76.5 Å². The Morgan fingerprint density at radius 3 is 2.03 bits per heavy atom. The molecule has 0 atom stereocenters. The van der Waals surface area contributed by atoms with E-state index in [0.29, 0.717) is 34.2 Å². The molecule has 0 radical (unpaired) electrons. The molecule has 1 nitrogen and oxygen atoms in total. The average molecular weight is 505 g/mol. The molecule has 194 valence electrons. The maximum absolute atomic E-state index is 15.0. The van der Waals surface area contributed by atoms with Crippen molar-refractivity contribution in [2.45, 2.75) is 77.5 Å².